The fraction of sp³-hybridized carbons (Fsp3) is 0.0455. The van der Waals surface area contributed by atoms with Gasteiger partial charge in [0.25, 0.3) is 0 Å². The van der Waals surface area contributed by atoms with Crippen LogP contribution in [0.5, 0.6) is 0 Å². The zero-order chi connectivity index (χ0) is 30.9. The van der Waals surface area contributed by atoms with Gasteiger partial charge in [-0.1, -0.05) is 127 Å². The van der Waals surface area contributed by atoms with E-state index in [0.717, 1.165) is 23.6 Å². The van der Waals surface area contributed by atoms with Crippen molar-refractivity contribution < 1.29 is 0 Å². The van der Waals surface area contributed by atoms with Crippen molar-refractivity contribution in [2.24, 2.45) is 0 Å². The molecule has 0 bridgehead atoms. The molecule has 0 aliphatic carbocycles. The van der Waals surface area contributed by atoms with Crippen LogP contribution < -0.4 is 4.90 Å². The number of fused-ring (bicyclic) bond motifs is 3. The van der Waals surface area contributed by atoms with Crippen LogP contribution in [0.2, 0.25) is 0 Å². The lowest BCUT2D eigenvalue weighted by molar-refractivity contribution is 0.827. The zero-order valence-corrected chi connectivity index (χ0v) is 25.8. The van der Waals surface area contributed by atoms with Crippen LogP contribution in [0.3, 0.4) is 0 Å². The molecule has 0 aliphatic rings. The number of anilines is 3. The molecule has 2 nitrogen and oxygen atoms in total. The molecule has 0 fully saturated rings. The van der Waals surface area contributed by atoms with Crippen molar-refractivity contribution in [1.29, 1.82) is 0 Å². The minimum atomic E-state index is 0.930. The molecule has 0 saturated heterocycles. The van der Waals surface area contributed by atoms with Crippen molar-refractivity contribution in [3.05, 3.63) is 176 Å². The predicted octanol–water partition coefficient (Wildman–Crippen LogP) is 12.3. The van der Waals surface area contributed by atoms with Gasteiger partial charge in [0, 0.05) is 45.4 Å². The van der Waals surface area contributed by atoms with Crippen LogP contribution in [0.1, 0.15) is 6.92 Å². The first-order chi connectivity index (χ1) is 22.8. The number of rotatable bonds is 7. The van der Waals surface area contributed by atoms with Gasteiger partial charge in [-0.25, -0.2) is 0 Å². The van der Waals surface area contributed by atoms with E-state index in [9.17, 15) is 0 Å². The van der Waals surface area contributed by atoms with E-state index in [1.807, 2.05) is 0 Å². The van der Waals surface area contributed by atoms with Crippen molar-refractivity contribution in [3.63, 3.8) is 0 Å². The van der Waals surface area contributed by atoms with Crippen molar-refractivity contribution in [3.8, 4) is 33.4 Å². The Morgan fingerprint density at radius 3 is 1.52 bits per heavy atom. The van der Waals surface area contributed by atoms with Crippen LogP contribution in [-0.2, 0) is 6.54 Å². The summed E-state index contributed by atoms with van der Waals surface area (Å²) in [7, 11) is 0. The number of hydrogen-bond donors (Lipinski definition) is 0. The summed E-state index contributed by atoms with van der Waals surface area (Å²) in [5, 5.41) is 2.60. The Kier molecular flexibility index (Phi) is 7.16. The first-order valence-electron chi connectivity index (χ1n) is 16.0. The molecule has 7 aromatic carbocycles. The lowest BCUT2D eigenvalue weighted by atomic mass is 9.98. The number of nitrogens with zero attached hydrogens (tertiary/aromatic N) is 2. The van der Waals surface area contributed by atoms with Crippen molar-refractivity contribution in [1.82, 2.24) is 4.57 Å². The molecule has 0 radical (unpaired) electrons. The summed E-state index contributed by atoms with van der Waals surface area (Å²) < 4.78 is 2.42. The summed E-state index contributed by atoms with van der Waals surface area (Å²) in [5.41, 5.74) is 13.2. The molecule has 220 valence electrons. The number of benzene rings is 7. The number of hydrogen-bond acceptors (Lipinski definition) is 1. The Hall–Kier alpha value is -5.86. The maximum atomic E-state index is 2.42. The maximum Gasteiger partial charge on any atom is 0.0497 e. The third-order valence-corrected chi connectivity index (χ3v) is 8.99. The van der Waals surface area contributed by atoms with Gasteiger partial charge in [-0.05, 0) is 88.8 Å². The van der Waals surface area contributed by atoms with E-state index in [1.54, 1.807) is 0 Å². The normalized spacial score (nSPS) is 11.2. The Balaban J connectivity index is 1.27. The molecule has 1 aromatic heterocycles. The number of aryl methyl sites for hydroxylation is 1. The molecule has 8 rings (SSSR count). The molecular weight excluding hydrogens is 556 g/mol. The summed E-state index contributed by atoms with van der Waals surface area (Å²) in [4.78, 5) is 2.36. The average molecular weight is 591 g/mol. The van der Waals surface area contributed by atoms with Gasteiger partial charge in [0.05, 0.1) is 0 Å². The fourth-order valence-electron chi connectivity index (χ4n) is 6.81. The summed E-state index contributed by atoms with van der Waals surface area (Å²) in [6.07, 6.45) is 0. The van der Waals surface area contributed by atoms with E-state index in [-0.39, 0.29) is 0 Å². The molecule has 0 atom stereocenters. The summed E-state index contributed by atoms with van der Waals surface area (Å²) >= 11 is 0. The molecule has 0 unspecified atom stereocenters. The van der Waals surface area contributed by atoms with Crippen LogP contribution >= 0.6 is 0 Å². The Morgan fingerprint density at radius 2 is 0.913 bits per heavy atom. The van der Waals surface area contributed by atoms with Gasteiger partial charge in [0.15, 0.2) is 0 Å². The van der Waals surface area contributed by atoms with Crippen LogP contribution in [0.25, 0.3) is 55.2 Å². The highest BCUT2D eigenvalue weighted by Crippen LogP contribution is 2.41. The molecule has 8 aromatic rings. The number of para-hydroxylation sites is 1. The van der Waals surface area contributed by atoms with Gasteiger partial charge in [0.1, 0.15) is 0 Å². The quantitative estimate of drug-likeness (QED) is 0.179. The molecule has 2 heteroatoms. The lowest BCUT2D eigenvalue weighted by Crippen LogP contribution is -2.10. The van der Waals surface area contributed by atoms with Crippen molar-refractivity contribution in [2.75, 3.05) is 4.90 Å². The highest BCUT2D eigenvalue weighted by molar-refractivity contribution is 6.15. The molecule has 1 heterocycles. The molecule has 0 aliphatic heterocycles. The van der Waals surface area contributed by atoms with Gasteiger partial charge in [-0.2, -0.15) is 0 Å². The topological polar surface area (TPSA) is 8.17 Å². The van der Waals surface area contributed by atoms with Crippen LogP contribution in [0, 0.1) is 0 Å². The van der Waals surface area contributed by atoms with Gasteiger partial charge < -0.3 is 9.47 Å². The first kappa shape index (κ1) is 27.7. The van der Waals surface area contributed by atoms with Crippen LogP contribution in [0.15, 0.2) is 176 Å². The van der Waals surface area contributed by atoms with Crippen LogP contribution in [-0.4, -0.2) is 4.57 Å². The molecule has 46 heavy (non-hydrogen) atoms. The largest absolute Gasteiger partial charge is 0.341 e. The Labute approximate surface area is 270 Å². The second-order valence-electron chi connectivity index (χ2n) is 11.7. The van der Waals surface area contributed by atoms with Gasteiger partial charge in [-0.3, -0.25) is 0 Å². The minimum absolute atomic E-state index is 0.930. The summed E-state index contributed by atoms with van der Waals surface area (Å²) in [6, 6.07) is 63.4. The molecule has 0 saturated carbocycles. The second kappa shape index (κ2) is 11.9. The third kappa shape index (κ3) is 4.95. The molecule has 0 spiro atoms. The van der Waals surface area contributed by atoms with E-state index < -0.39 is 0 Å². The highest BCUT2D eigenvalue weighted by atomic mass is 15.1. The Morgan fingerprint density at radius 1 is 0.413 bits per heavy atom. The predicted molar refractivity (Wildman–Crippen MR) is 196 cm³/mol. The van der Waals surface area contributed by atoms with E-state index >= 15 is 0 Å². The monoisotopic (exact) mass is 590 g/mol. The fourth-order valence-corrected chi connectivity index (χ4v) is 6.81. The zero-order valence-electron chi connectivity index (χ0n) is 25.8. The standard InChI is InChI=1S/C44H34N2/c1-2-45-42-21-10-9-19-41(42)44-40(20-12-22-43(44)45)36-17-11-18-39(31-36)46(37-27-23-34(24-28-37)32-13-5-3-6-14-32)38-29-25-35(26-30-38)33-15-7-4-8-16-33/h3-31H,2H2,1H3. The van der Waals surface area contributed by atoms with Crippen molar-refractivity contribution >= 4 is 38.9 Å². The highest BCUT2D eigenvalue weighted by Gasteiger charge is 2.17. The maximum absolute atomic E-state index is 2.42. The average Bonchev–Trinajstić information content (AvgIpc) is 3.47. The van der Waals surface area contributed by atoms with E-state index in [2.05, 4.69) is 192 Å². The van der Waals surface area contributed by atoms with Crippen molar-refractivity contribution in [2.45, 2.75) is 13.5 Å². The smallest absolute Gasteiger partial charge is 0.0497 e. The van der Waals surface area contributed by atoms with Gasteiger partial charge >= 0.3 is 0 Å². The van der Waals surface area contributed by atoms with Gasteiger partial charge in [-0.15, -0.1) is 0 Å². The third-order valence-electron chi connectivity index (χ3n) is 8.99. The number of aromatic nitrogens is 1. The van der Waals surface area contributed by atoms with Crippen LogP contribution in [0.4, 0.5) is 17.1 Å². The second-order valence-corrected chi connectivity index (χ2v) is 11.7. The Bertz CT molecular complexity index is 2180. The molecule has 0 amide bonds. The van der Waals surface area contributed by atoms with E-state index in [4.69, 9.17) is 0 Å². The van der Waals surface area contributed by atoms with E-state index in [0.29, 0.717) is 0 Å². The first-order valence-corrected chi connectivity index (χ1v) is 16.0. The lowest BCUT2D eigenvalue weighted by Gasteiger charge is -2.26. The molecule has 0 N–H and O–H groups in total. The summed E-state index contributed by atoms with van der Waals surface area (Å²) in [5.74, 6) is 0. The van der Waals surface area contributed by atoms with E-state index in [1.165, 1.54) is 55.2 Å². The molecular formula is C44H34N2. The SMILES string of the molecule is CCn1c2ccccc2c2c(-c3cccc(N(c4ccc(-c5ccccc5)cc4)c4ccc(-c5ccccc5)cc4)c3)cccc21. The van der Waals surface area contributed by atoms with Gasteiger partial charge in [0.2, 0.25) is 0 Å². The minimum Gasteiger partial charge on any atom is -0.341 e. The summed E-state index contributed by atoms with van der Waals surface area (Å²) in [6.45, 7) is 3.16.